The monoisotopic (exact) mass is 1110 g/mol. The third-order valence-corrected chi connectivity index (χ3v) is 13.7. The molecule has 0 aliphatic rings. The molecule has 4 aromatic carbocycles. The smallest absolute Gasteiger partial charge is 0.247 e. The zero-order valence-corrected chi connectivity index (χ0v) is 47.9. The molecule has 0 spiro atoms. The highest BCUT2D eigenvalue weighted by molar-refractivity contribution is 6.66. The van der Waals surface area contributed by atoms with E-state index in [1.165, 1.54) is 6.08 Å². The molecule has 0 radical (unpaired) electrons. The molecule has 5 N–H and O–H groups in total. The number of likely N-dealkylation sites (N-methyl/N-ethyl adjacent to an activating group) is 4. The Balaban J connectivity index is 0.000000269. The third-order valence-electron chi connectivity index (χ3n) is 13.5. The second-order valence-electron chi connectivity index (χ2n) is 18.4. The highest BCUT2D eigenvalue weighted by Gasteiger charge is 2.19. The minimum atomic E-state index is -0.509. The number of nitrogens with zero attached hydrogens (tertiary/aromatic N) is 10. The van der Waals surface area contributed by atoms with Crippen LogP contribution in [-0.2, 0) is 23.7 Å². The van der Waals surface area contributed by atoms with Crippen molar-refractivity contribution in [3.63, 3.8) is 0 Å². The molecule has 8 rings (SSSR count). The second-order valence-corrected chi connectivity index (χ2v) is 18.8. The van der Waals surface area contributed by atoms with E-state index in [4.69, 9.17) is 36.8 Å². The average Bonchev–Trinajstić information content (AvgIpc) is 4.11. The maximum Gasteiger partial charge on any atom is 0.247 e. The number of nitrogens with two attached hydrogens (primary N) is 1. The van der Waals surface area contributed by atoms with Gasteiger partial charge in [-0.1, -0.05) is 84.7 Å². The molecule has 0 bridgehead atoms. The number of aryl methyl sites for hydroxylation is 2. The number of aromatic nitrogens is 6. The number of fused-ring (bicyclic) bond motifs is 2. The van der Waals surface area contributed by atoms with Gasteiger partial charge in [0, 0.05) is 124 Å². The fraction of sp³-hybridized carbons (Fsp3) is 0.311. The van der Waals surface area contributed by atoms with E-state index in [2.05, 4.69) is 139 Å². The van der Waals surface area contributed by atoms with E-state index in [0.29, 0.717) is 40.5 Å². The Morgan fingerprint density at radius 1 is 0.637 bits per heavy atom. The first kappa shape index (κ1) is 62.4. The number of ether oxygens (including phenoxy) is 2. The fourth-order valence-electron chi connectivity index (χ4n) is 8.99. The largest absolute Gasteiger partial charge is 0.494 e. The summed E-state index contributed by atoms with van der Waals surface area (Å²) in [7, 11) is 11.4. The number of para-hydroxylation sites is 2. The fourth-order valence-corrected chi connectivity index (χ4v) is 8.99. The van der Waals surface area contributed by atoms with Gasteiger partial charge in [0.05, 0.1) is 59.7 Å². The molecule has 0 aliphatic carbocycles. The number of carbonyl (C=O) groups is 2. The van der Waals surface area contributed by atoms with Crippen LogP contribution in [0.3, 0.4) is 0 Å². The van der Waals surface area contributed by atoms with Gasteiger partial charge in [-0.25, -0.2) is 19.9 Å². The molecule has 0 saturated heterocycles. The van der Waals surface area contributed by atoms with E-state index < -0.39 is 5.24 Å². The van der Waals surface area contributed by atoms with Gasteiger partial charge in [0.15, 0.2) is 0 Å². The molecule has 0 aliphatic heterocycles. The SMILES string of the molecule is C.C=CC(=O)Cl.C=CC(=O)Nc1cc(Nc2nccc(-c3cn(C)c4ccccc34)n2)c(OC)cc1N(C)CCN(CC)CC.CCN(CC)CCN(C)c1cc(OC)c(Nc2nccc(-c3cn(C)c4ccccc34)n2)cc1N. The average molecular weight is 1110 g/mol. The molecule has 80 heavy (non-hydrogen) atoms. The van der Waals surface area contributed by atoms with E-state index >= 15 is 0 Å². The Kier molecular flexibility index (Phi) is 23.4. The van der Waals surface area contributed by atoms with Crippen LogP contribution in [0.4, 0.5) is 46.0 Å². The minimum Gasteiger partial charge on any atom is -0.494 e. The lowest BCUT2D eigenvalue weighted by Gasteiger charge is -2.27. The van der Waals surface area contributed by atoms with Crippen molar-refractivity contribution in [2.45, 2.75) is 35.1 Å². The van der Waals surface area contributed by atoms with Crippen molar-refractivity contribution in [3.8, 4) is 34.0 Å². The summed E-state index contributed by atoms with van der Waals surface area (Å²) in [4.78, 5) is 49.3. The molecular weight excluding hydrogens is 1030 g/mol. The topological polar surface area (TPSA) is 189 Å². The highest BCUT2D eigenvalue weighted by atomic mass is 35.5. The van der Waals surface area contributed by atoms with Crippen LogP contribution in [0.1, 0.15) is 35.1 Å². The van der Waals surface area contributed by atoms with E-state index in [1.54, 1.807) is 26.6 Å². The van der Waals surface area contributed by atoms with Gasteiger partial charge < -0.3 is 59.9 Å². The zero-order chi connectivity index (χ0) is 57.2. The Hall–Kier alpha value is -8.45. The maximum absolute atomic E-state index is 12.3. The summed E-state index contributed by atoms with van der Waals surface area (Å²) < 4.78 is 15.6. The van der Waals surface area contributed by atoms with Gasteiger partial charge in [0.25, 0.3) is 0 Å². The van der Waals surface area contributed by atoms with Crippen LogP contribution < -0.4 is 41.0 Å². The second kappa shape index (κ2) is 30.1. The van der Waals surface area contributed by atoms with Crippen molar-refractivity contribution < 1.29 is 19.1 Å². The molecule has 18 nitrogen and oxygen atoms in total. The van der Waals surface area contributed by atoms with E-state index in [0.717, 1.165) is 120 Å². The molecule has 0 saturated carbocycles. The van der Waals surface area contributed by atoms with Gasteiger partial charge in [-0.3, -0.25) is 9.59 Å². The van der Waals surface area contributed by atoms with E-state index in [-0.39, 0.29) is 13.3 Å². The van der Waals surface area contributed by atoms with Gasteiger partial charge in [-0.05, 0) is 86.3 Å². The summed E-state index contributed by atoms with van der Waals surface area (Å²) in [6.45, 7) is 22.9. The van der Waals surface area contributed by atoms with Crippen LogP contribution >= 0.6 is 11.6 Å². The number of hydrogen-bond acceptors (Lipinski definition) is 15. The number of nitrogen functional groups attached to an aromatic ring is 1. The third kappa shape index (κ3) is 15.9. The number of amides is 1. The van der Waals surface area contributed by atoms with Crippen LogP contribution in [0.25, 0.3) is 44.3 Å². The Morgan fingerprint density at radius 3 is 1.49 bits per heavy atom. The number of hydrogen-bond donors (Lipinski definition) is 4. The van der Waals surface area contributed by atoms with Gasteiger partial charge >= 0.3 is 0 Å². The van der Waals surface area contributed by atoms with Gasteiger partial charge in [-0.2, -0.15) is 0 Å². The van der Waals surface area contributed by atoms with Crippen LogP contribution in [-0.4, -0.2) is 131 Å². The van der Waals surface area contributed by atoms with Crippen molar-refractivity contribution in [2.24, 2.45) is 14.1 Å². The minimum absolute atomic E-state index is 0. The zero-order valence-electron chi connectivity index (χ0n) is 47.2. The Bertz CT molecular complexity index is 3350. The molecule has 0 unspecified atom stereocenters. The van der Waals surface area contributed by atoms with Gasteiger partial charge in [0.1, 0.15) is 11.5 Å². The quantitative estimate of drug-likeness (QED) is 0.0269. The number of rotatable bonds is 23. The molecule has 0 atom stereocenters. The van der Waals surface area contributed by atoms with Crippen LogP contribution in [0.2, 0.25) is 0 Å². The molecule has 4 heterocycles. The predicted molar refractivity (Wildman–Crippen MR) is 334 cm³/mol. The molecule has 8 aromatic rings. The lowest BCUT2D eigenvalue weighted by Crippen LogP contribution is -2.33. The Labute approximate surface area is 476 Å². The summed E-state index contributed by atoms with van der Waals surface area (Å²) in [5, 5.41) is 11.3. The van der Waals surface area contributed by atoms with E-state index in [9.17, 15) is 9.59 Å². The number of carbonyl (C=O) groups excluding carboxylic acids is 2. The standard InChI is InChI=1S/C30H37N7O2.C27H35N7O.C3H3ClO.CH4/c1-7-29(38)32-24-18-25(28(39-6)19-27(24)35(4)16-17-37(8-2)9-3)34-30-31-15-14-23(33-30)22-20-36(5)26-13-11-10-12-21(22)26;1-6-34(7-2)15-14-32(3)25-17-26(35-5)23(16-21(25)28)31-27-29-13-12-22(30-27)20-18-33(4)24-11-9-8-10-19(20)24;1-2-3(4)5;/h7,10-15,18-20H,1,8-9,16-17H2,2-6H3,(H,32,38)(H,31,33,34);8-13,16-18H,6-7,14-15,28H2,1-5H3,(H,29,30,31);2H,1H2;1H4. The predicted octanol–water partition coefficient (Wildman–Crippen LogP) is 11.6. The first-order valence-electron chi connectivity index (χ1n) is 26.2. The lowest BCUT2D eigenvalue weighted by atomic mass is 10.1. The van der Waals surface area contributed by atoms with Crippen molar-refractivity contribution in [1.29, 1.82) is 0 Å². The lowest BCUT2D eigenvalue weighted by molar-refractivity contribution is -0.112. The van der Waals surface area contributed by atoms with E-state index in [1.807, 2.05) is 81.8 Å². The molecule has 1 amide bonds. The molecule has 4 aromatic heterocycles. The summed E-state index contributed by atoms with van der Waals surface area (Å²) in [5.74, 6) is 1.90. The van der Waals surface area contributed by atoms with Crippen molar-refractivity contribution in [1.82, 2.24) is 38.9 Å². The summed E-state index contributed by atoms with van der Waals surface area (Å²) in [6, 6.07) is 28.0. The normalized spacial score (nSPS) is 10.7. The van der Waals surface area contributed by atoms with Gasteiger partial charge in [-0.15, -0.1) is 0 Å². The van der Waals surface area contributed by atoms with Crippen molar-refractivity contribution in [3.05, 3.63) is 135 Å². The number of benzene rings is 4. The molecule has 424 valence electrons. The van der Waals surface area contributed by atoms with Crippen LogP contribution in [0.15, 0.2) is 135 Å². The number of halogens is 1. The van der Waals surface area contributed by atoms with Crippen molar-refractivity contribution >= 4 is 90.6 Å². The number of anilines is 8. The van der Waals surface area contributed by atoms with Crippen molar-refractivity contribution in [2.75, 3.05) is 112 Å². The molecule has 0 fully saturated rings. The molecular formula is C61H79ClN14O4. The first-order valence-corrected chi connectivity index (χ1v) is 26.6. The van der Waals surface area contributed by atoms with Gasteiger partial charge in [0.2, 0.25) is 23.0 Å². The summed E-state index contributed by atoms with van der Waals surface area (Å²) in [5.41, 5.74) is 16.9. The first-order chi connectivity index (χ1) is 38.1. The summed E-state index contributed by atoms with van der Waals surface area (Å²) in [6.07, 6.45) is 9.96. The Morgan fingerprint density at radius 2 is 1.06 bits per heavy atom. The summed E-state index contributed by atoms with van der Waals surface area (Å²) >= 11 is 4.71. The highest BCUT2D eigenvalue weighted by Crippen LogP contribution is 2.40. The molecule has 19 heteroatoms. The number of allylic oxidation sites excluding steroid dienone is 1. The van der Waals surface area contributed by atoms with Crippen LogP contribution in [0, 0.1) is 0 Å². The number of nitrogens with one attached hydrogen (secondary N) is 3. The maximum atomic E-state index is 12.3. The van der Waals surface area contributed by atoms with Crippen LogP contribution in [0.5, 0.6) is 11.5 Å². The number of methoxy groups -OCH3 is 2.